The van der Waals surface area contributed by atoms with Crippen LogP contribution in [-0.2, 0) is 4.79 Å². The first-order valence-electron chi connectivity index (χ1n) is 8.00. The number of aromatic nitrogens is 2. The first kappa shape index (κ1) is 16.7. The highest BCUT2D eigenvalue weighted by Crippen LogP contribution is 2.11. The molecule has 0 aliphatic heterocycles. The van der Waals surface area contributed by atoms with E-state index < -0.39 is 0 Å². The summed E-state index contributed by atoms with van der Waals surface area (Å²) in [6.07, 6.45) is 3.53. The molecule has 25 heavy (non-hydrogen) atoms. The van der Waals surface area contributed by atoms with E-state index in [0.29, 0.717) is 17.0 Å². The molecule has 1 aromatic carbocycles. The van der Waals surface area contributed by atoms with Crippen molar-refractivity contribution in [2.75, 3.05) is 18.9 Å². The normalized spacial score (nSPS) is 10.7. The number of likely N-dealkylation sites (N-methyl/N-ethyl adjacent to an activating group) is 1. The zero-order valence-corrected chi connectivity index (χ0v) is 14.5. The molecule has 0 saturated carbocycles. The van der Waals surface area contributed by atoms with E-state index in [1.54, 1.807) is 17.6 Å². The maximum atomic E-state index is 12.5. The van der Waals surface area contributed by atoms with Crippen molar-refractivity contribution in [3.05, 3.63) is 65.6 Å². The number of fused-ring (bicyclic) bond motifs is 1. The zero-order chi connectivity index (χ0) is 18.0. The molecular formula is C19H20N4O2. The van der Waals surface area contributed by atoms with Gasteiger partial charge in [-0.15, -0.1) is 0 Å². The third kappa shape index (κ3) is 3.85. The number of carbonyl (C=O) groups excluding carboxylic acids is 2. The van der Waals surface area contributed by atoms with Crippen LogP contribution >= 0.6 is 0 Å². The van der Waals surface area contributed by atoms with Crippen LogP contribution in [-0.4, -0.2) is 39.7 Å². The number of aryl methyl sites for hydroxylation is 2. The van der Waals surface area contributed by atoms with Gasteiger partial charge in [0.2, 0.25) is 5.91 Å². The lowest BCUT2D eigenvalue weighted by atomic mass is 10.2. The molecule has 3 aromatic rings. The predicted molar refractivity (Wildman–Crippen MR) is 96.7 cm³/mol. The Bertz CT molecular complexity index is 928. The highest BCUT2D eigenvalue weighted by molar-refractivity contribution is 5.98. The number of amides is 2. The fourth-order valence-corrected chi connectivity index (χ4v) is 2.51. The maximum Gasteiger partial charge on any atom is 0.274 e. The molecule has 0 radical (unpaired) electrons. The molecule has 1 N–H and O–H groups in total. The first-order valence-corrected chi connectivity index (χ1v) is 8.00. The van der Waals surface area contributed by atoms with E-state index in [0.717, 1.165) is 11.1 Å². The number of nitrogens with zero attached hydrogens (tertiary/aromatic N) is 3. The minimum absolute atomic E-state index is 0.0421. The summed E-state index contributed by atoms with van der Waals surface area (Å²) in [7, 11) is 1.59. The van der Waals surface area contributed by atoms with Crippen molar-refractivity contribution in [2.45, 2.75) is 13.8 Å². The molecular weight excluding hydrogens is 316 g/mol. The van der Waals surface area contributed by atoms with E-state index >= 15 is 0 Å². The summed E-state index contributed by atoms with van der Waals surface area (Å²) in [5.41, 5.74) is 3.92. The van der Waals surface area contributed by atoms with Crippen LogP contribution in [0.4, 0.5) is 5.69 Å². The molecule has 2 heterocycles. The smallest absolute Gasteiger partial charge is 0.274 e. The van der Waals surface area contributed by atoms with Crippen LogP contribution in [0.5, 0.6) is 0 Å². The van der Waals surface area contributed by atoms with Crippen LogP contribution in [0.15, 0.2) is 48.8 Å². The highest BCUT2D eigenvalue weighted by atomic mass is 16.2. The number of pyridine rings is 1. The molecule has 0 spiro atoms. The Hall–Kier alpha value is -3.15. The van der Waals surface area contributed by atoms with Crippen LogP contribution < -0.4 is 5.32 Å². The quantitative estimate of drug-likeness (QED) is 0.796. The number of benzene rings is 1. The summed E-state index contributed by atoms with van der Waals surface area (Å²) in [5, 5.41) is 2.78. The number of hydrogen-bond acceptors (Lipinski definition) is 3. The van der Waals surface area contributed by atoms with Crippen LogP contribution in [0, 0.1) is 13.8 Å². The van der Waals surface area contributed by atoms with Crippen molar-refractivity contribution < 1.29 is 9.59 Å². The molecule has 2 amide bonds. The molecule has 2 aromatic heterocycles. The third-order valence-corrected chi connectivity index (χ3v) is 3.90. The lowest BCUT2D eigenvalue weighted by Gasteiger charge is -2.15. The van der Waals surface area contributed by atoms with Gasteiger partial charge in [0.25, 0.3) is 5.91 Å². The Morgan fingerprint density at radius 3 is 2.56 bits per heavy atom. The molecule has 0 atom stereocenters. The zero-order valence-electron chi connectivity index (χ0n) is 14.5. The van der Waals surface area contributed by atoms with Crippen LogP contribution in [0.2, 0.25) is 0 Å². The minimum atomic E-state index is -0.291. The van der Waals surface area contributed by atoms with Gasteiger partial charge >= 0.3 is 0 Å². The van der Waals surface area contributed by atoms with E-state index in [1.807, 2.05) is 56.4 Å². The summed E-state index contributed by atoms with van der Waals surface area (Å²) in [4.78, 5) is 30.3. The average molecular weight is 336 g/mol. The maximum absolute atomic E-state index is 12.5. The SMILES string of the molecule is Cc1ccc(NC(=O)CN(C)C(=O)c2cn3ccc(C)cc3n2)cc1. The molecule has 0 unspecified atom stereocenters. The minimum Gasteiger partial charge on any atom is -0.331 e. The van der Waals surface area contributed by atoms with Gasteiger partial charge in [-0.25, -0.2) is 4.98 Å². The summed E-state index contributed by atoms with van der Waals surface area (Å²) >= 11 is 0. The lowest BCUT2D eigenvalue weighted by Crippen LogP contribution is -2.35. The highest BCUT2D eigenvalue weighted by Gasteiger charge is 2.18. The van der Waals surface area contributed by atoms with Gasteiger partial charge in [-0.2, -0.15) is 0 Å². The van der Waals surface area contributed by atoms with Gasteiger partial charge in [0.1, 0.15) is 11.3 Å². The Morgan fingerprint density at radius 1 is 1.12 bits per heavy atom. The van der Waals surface area contributed by atoms with E-state index in [2.05, 4.69) is 10.3 Å². The van der Waals surface area contributed by atoms with Gasteiger partial charge in [0.15, 0.2) is 0 Å². The van der Waals surface area contributed by atoms with Crippen molar-refractivity contribution in [1.82, 2.24) is 14.3 Å². The van der Waals surface area contributed by atoms with Crippen molar-refractivity contribution in [3.8, 4) is 0 Å². The van der Waals surface area contributed by atoms with Crippen LogP contribution in [0.25, 0.3) is 5.65 Å². The molecule has 0 fully saturated rings. The van der Waals surface area contributed by atoms with E-state index in [9.17, 15) is 9.59 Å². The van der Waals surface area contributed by atoms with Gasteiger partial charge in [0, 0.05) is 25.1 Å². The molecule has 3 rings (SSSR count). The summed E-state index contributed by atoms with van der Waals surface area (Å²) in [5.74, 6) is -0.542. The van der Waals surface area contributed by atoms with Gasteiger partial charge < -0.3 is 14.6 Å². The molecule has 6 heteroatoms. The second kappa shape index (κ2) is 6.76. The fraction of sp³-hybridized carbons (Fsp3) is 0.211. The monoisotopic (exact) mass is 336 g/mol. The van der Waals surface area contributed by atoms with Gasteiger partial charge in [-0.05, 0) is 43.7 Å². The molecule has 0 bridgehead atoms. The summed E-state index contributed by atoms with van der Waals surface area (Å²) < 4.78 is 1.79. The summed E-state index contributed by atoms with van der Waals surface area (Å²) in [6.45, 7) is 3.91. The Morgan fingerprint density at radius 2 is 1.84 bits per heavy atom. The number of hydrogen-bond donors (Lipinski definition) is 1. The summed E-state index contributed by atoms with van der Waals surface area (Å²) in [6, 6.07) is 11.4. The number of nitrogens with one attached hydrogen (secondary N) is 1. The van der Waals surface area contributed by atoms with Crippen molar-refractivity contribution >= 4 is 23.1 Å². The van der Waals surface area contributed by atoms with E-state index in [-0.39, 0.29) is 18.4 Å². The average Bonchev–Trinajstić information content (AvgIpc) is 2.99. The van der Waals surface area contributed by atoms with Crippen molar-refractivity contribution in [2.24, 2.45) is 0 Å². The number of anilines is 1. The number of carbonyl (C=O) groups is 2. The van der Waals surface area contributed by atoms with E-state index in [4.69, 9.17) is 0 Å². The molecule has 128 valence electrons. The Balaban J connectivity index is 1.66. The third-order valence-electron chi connectivity index (χ3n) is 3.90. The number of rotatable bonds is 4. The number of imidazole rings is 1. The van der Waals surface area contributed by atoms with Gasteiger partial charge in [-0.3, -0.25) is 9.59 Å². The van der Waals surface area contributed by atoms with Crippen molar-refractivity contribution in [3.63, 3.8) is 0 Å². The second-order valence-electron chi connectivity index (χ2n) is 6.17. The molecule has 0 aliphatic carbocycles. The molecule has 6 nitrogen and oxygen atoms in total. The van der Waals surface area contributed by atoms with Gasteiger partial charge in [0.05, 0.1) is 6.54 Å². The van der Waals surface area contributed by atoms with E-state index in [1.165, 1.54) is 4.90 Å². The van der Waals surface area contributed by atoms with Crippen LogP contribution in [0.1, 0.15) is 21.6 Å². The Labute approximate surface area is 146 Å². The second-order valence-corrected chi connectivity index (χ2v) is 6.17. The van der Waals surface area contributed by atoms with Crippen LogP contribution in [0.3, 0.4) is 0 Å². The molecule has 0 aliphatic rings. The molecule has 0 saturated heterocycles. The Kier molecular flexibility index (Phi) is 4.52. The predicted octanol–water partition coefficient (Wildman–Crippen LogP) is 2.66. The van der Waals surface area contributed by atoms with Gasteiger partial charge in [-0.1, -0.05) is 17.7 Å². The topological polar surface area (TPSA) is 66.7 Å². The lowest BCUT2D eigenvalue weighted by molar-refractivity contribution is -0.116. The van der Waals surface area contributed by atoms with Crippen molar-refractivity contribution in [1.29, 1.82) is 0 Å². The first-order chi connectivity index (χ1) is 11.9. The largest absolute Gasteiger partial charge is 0.331 e. The fourth-order valence-electron chi connectivity index (χ4n) is 2.51. The standard InChI is InChI=1S/C19H20N4O2/c1-13-4-6-15(7-5-13)20-18(24)12-22(3)19(25)16-11-23-9-8-14(2)10-17(23)21-16/h4-11H,12H2,1-3H3,(H,20,24).